The second kappa shape index (κ2) is 6.10. The first-order valence-electron chi connectivity index (χ1n) is 6.96. The van der Waals surface area contributed by atoms with E-state index in [0.717, 1.165) is 44.6 Å². The molecule has 1 fully saturated rings. The van der Waals surface area contributed by atoms with Gasteiger partial charge in [-0.2, -0.15) is 4.31 Å². The van der Waals surface area contributed by atoms with Crippen LogP contribution < -0.4 is 5.73 Å². The van der Waals surface area contributed by atoms with Crippen molar-refractivity contribution < 1.29 is 12.8 Å². The molecular formula is C14H21FN2O2S. The molecule has 1 aromatic carbocycles. The highest BCUT2D eigenvalue weighted by molar-refractivity contribution is 7.89. The maximum Gasteiger partial charge on any atom is 0.243 e. The first-order valence-corrected chi connectivity index (χ1v) is 8.40. The Morgan fingerprint density at radius 3 is 2.35 bits per heavy atom. The summed E-state index contributed by atoms with van der Waals surface area (Å²) in [5, 5.41) is 0. The van der Waals surface area contributed by atoms with E-state index in [1.807, 2.05) is 0 Å². The van der Waals surface area contributed by atoms with Gasteiger partial charge in [-0.05, 0) is 31.0 Å². The molecule has 6 heteroatoms. The van der Waals surface area contributed by atoms with E-state index in [9.17, 15) is 12.8 Å². The third-order valence-corrected chi connectivity index (χ3v) is 5.89. The monoisotopic (exact) mass is 300 g/mol. The third kappa shape index (κ3) is 3.12. The van der Waals surface area contributed by atoms with Gasteiger partial charge in [0, 0.05) is 13.1 Å². The van der Waals surface area contributed by atoms with E-state index in [1.54, 1.807) is 7.05 Å². The molecule has 0 bridgehead atoms. The molecule has 20 heavy (non-hydrogen) atoms. The number of hydrogen-bond acceptors (Lipinski definition) is 3. The number of hydrogen-bond donors (Lipinski definition) is 1. The average Bonchev–Trinajstić information content (AvgIpc) is 2.69. The van der Waals surface area contributed by atoms with Gasteiger partial charge >= 0.3 is 0 Å². The van der Waals surface area contributed by atoms with Gasteiger partial charge in [0.25, 0.3) is 0 Å². The fraction of sp³-hybridized carbons (Fsp3) is 0.571. The molecule has 0 spiro atoms. The predicted octanol–water partition coefficient (Wildman–Crippen LogP) is 2.75. The molecule has 1 aromatic rings. The van der Waals surface area contributed by atoms with Gasteiger partial charge in [-0.3, -0.25) is 0 Å². The normalized spacial score (nSPS) is 18.1. The van der Waals surface area contributed by atoms with Crippen LogP contribution in [0.25, 0.3) is 0 Å². The minimum Gasteiger partial charge on any atom is -0.396 e. The lowest BCUT2D eigenvalue weighted by Crippen LogP contribution is -2.36. The Bertz CT molecular complexity index is 567. The van der Waals surface area contributed by atoms with E-state index < -0.39 is 15.8 Å². The number of nitrogens with two attached hydrogens (primary N) is 1. The van der Waals surface area contributed by atoms with Gasteiger partial charge in [0.05, 0.1) is 10.6 Å². The van der Waals surface area contributed by atoms with E-state index in [0.29, 0.717) is 0 Å². The summed E-state index contributed by atoms with van der Waals surface area (Å²) in [6.45, 7) is 0. The number of nitrogens with zero attached hydrogens (tertiary/aromatic N) is 1. The van der Waals surface area contributed by atoms with Crippen molar-refractivity contribution in [3.63, 3.8) is 0 Å². The molecule has 112 valence electrons. The fourth-order valence-electron chi connectivity index (χ4n) is 2.67. The second-order valence-corrected chi connectivity index (χ2v) is 7.35. The summed E-state index contributed by atoms with van der Waals surface area (Å²) in [6.07, 6.45) is 6.19. The van der Waals surface area contributed by atoms with Crippen LogP contribution in [-0.4, -0.2) is 25.8 Å². The molecule has 2 N–H and O–H groups in total. The summed E-state index contributed by atoms with van der Waals surface area (Å²) >= 11 is 0. The van der Waals surface area contributed by atoms with Crippen LogP contribution in [0.3, 0.4) is 0 Å². The van der Waals surface area contributed by atoms with E-state index >= 15 is 0 Å². The van der Waals surface area contributed by atoms with Crippen molar-refractivity contribution >= 4 is 15.7 Å². The Labute approximate surface area is 119 Å². The number of anilines is 1. The van der Waals surface area contributed by atoms with Gasteiger partial charge in [-0.25, -0.2) is 12.8 Å². The first-order chi connectivity index (χ1) is 9.43. The highest BCUT2D eigenvalue weighted by Crippen LogP contribution is 2.27. The summed E-state index contributed by atoms with van der Waals surface area (Å²) in [4.78, 5) is 0.0585. The zero-order chi connectivity index (χ0) is 14.8. The summed E-state index contributed by atoms with van der Waals surface area (Å²) in [5.74, 6) is -0.596. The number of sulfonamides is 1. The molecule has 0 atom stereocenters. The fourth-order valence-corrected chi connectivity index (χ4v) is 4.12. The minimum atomic E-state index is -3.61. The smallest absolute Gasteiger partial charge is 0.243 e. The number of halogens is 1. The Morgan fingerprint density at radius 2 is 1.80 bits per heavy atom. The molecule has 1 saturated carbocycles. The van der Waals surface area contributed by atoms with Crippen molar-refractivity contribution in [2.24, 2.45) is 0 Å². The molecule has 0 heterocycles. The molecule has 0 aliphatic heterocycles. The SMILES string of the molecule is CN(C1CCCCCC1)S(=O)(=O)c1ccc(F)c(N)c1. The van der Waals surface area contributed by atoms with Crippen molar-refractivity contribution in [1.82, 2.24) is 4.31 Å². The van der Waals surface area contributed by atoms with Gasteiger partial charge in [0.1, 0.15) is 5.82 Å². The predicted molar refractivity (Wildman–Crippen MR) is 77.3 cm³/mol. The van der Waals surface area contributed by atoms with Crippen LogP contribution in [0.15, 0.2) is 23.1 Å². The summed E-state index contributed by atoms with van der Waals surface area (Å²) in [7, 11) is -2.01. The van der Waals surface area contributed by atoms with Crippen LogP contribution in [0.1, 0.15) is 38.5 Å². The van der Waals surface area contributed by atoms with Crippen LogP contribution in [0, 0.1) is 5.82 Å². The van der Waals surface area contributed by atoms with Gasteiger partial charge in [0.2, 0.25) is 10.0 Å². The van der Waals surface area contributed by atoms with Gasteiger partial charge in [-0.1, -0.05) is 25.7 Å². The van der Waals surface area contributed by atoms with Crippen molar-refractivity contribution in [1.29, 1.82) is 0 Å². The van der Waals surface area contributed by atoms with E-state index in [4.69, 9.17) is 5.73 Å². The number of nitrogen functional groups attached to an aromatic ring is 1. The molecule has 0 aromatic heterocycles. The zero-order valence-corrected chi connectivity index (χ0v) is 12.5. The van der Waals surface area contributed by atoms with Crippen LogP contribution in [-0.2, 0) is 10.0 Å². The minimum absolute atomic E-state index is 0.0220. The van der Waals surface area contributed by atoms with E-state index in [1.165, 1.54) is 16.4 Å². The molecule has 0 unspecified atom stereocenters. The summed E-state index contributed by atoms with van der Waals surface area (Å²) in [5.41, 5.74) is 5.32. The lowest BCUT2D eigenvalue weighted by molar-refractivity contribution is 0.335. The van der Waals surface area contributed by atoms with E-state index in [-0.39, 0.29) is 16.6 Å². The molecule has 4 nitrogen and oxygen atoms in total. The first kappa shape index (κ1) is 15.3. The Morgan fingerprint density at radius 1 is 1.20 bits per heavy atom. The molecule has 1 aliphatic carbocycles. The maximum absolute atomic E-state index is 13.2. The van der Waals surface area contributed by atoms with Crippen LogP contribution in [0.4, 0.5) is 10.1 Å². The average molecular weight is 300 g/mol. The molecule has 0 saturated heterocycles. The van der Waals surface area contributed by atoms with Crippen molar-refractivity contribution in [3.8, 4) is 0 Å². The molecule has 1 aliphatic rings. The summed E-state index contributed by atoms with van der Waals surface area (Å²) in [6, 6.07) is 3.59. The lowest BCUT2D eigenvalue weighted by atomic mass is 10.1. The topological polar surface area (TPSA) is 63.4 Å². The van der Waals surface area contributed by atoms with Crippen LogP contribution in [0.2, 0.25) is 0 Å². The molecule has 2 rings (SSSR count). The van der Waals surface area contributed by atoms with Gasteiger partial charge in [0.15, 0.2) is 0 Å². The summed E-state index contributed by atoms with van der Waals surface area (Å²) < 4.78 is 39.7. The molecule has 0 radical (unpaired) electrons. The highest BCUT2D eigenvalue weighted by Gasteiger charge is 2.28. The number of rotatable bonds is 3. The van der Waals surface area contributed by atoms with Crippen molar-refractivity contribution in [2.75, 3.05) is 12.8 Å². The second-order valence-electron chi connectivity index (χ2n) is 5.35. The molecule has 0 amide bonds. The highest BCUT2D eigenvalue weighted by atomic mass is 32.2. The van der Waals surface area contributed by atoms with Crippen LogP contribution in [0.5, 0.6) is 0 Å². The van der Waals surface area contributed by atoms with Crippen molar-refractivity contribution in [3.05, 3.63) is 24.0 Å². The standard InChI is InChI=1S/C14H21FN2O2S/c1-17(11-6-4-2-3-5-7-11)20(18,19)12-8-9-13(15)14(16)10-12/h8-11H,2-7,16H2,1H3. The van der Waals surface area contributed by atoms with Gasteiger partial charge in [-0.15, -0.1) is 0 Å². The zero-order valence-electron chi connectivity index (χ0n) is 11.7. The Hall–Kier alpha value is -1.14. The maximum atomic E-state index is 13.2. The molecular weight excluding hydrogens is 279 g/mol. The van der Waals surface area contributed by atoms with Crippen LogP contribution >= 0.6 is 0 Å². The quantitative estimate of drug-likeness (QED) is 0.689. The lowest BCUT2D eigenvalue weighted by Gasteiger charge is -2.26. The van der Waals surface area contributed by atoms with E-state index in [2.05, 4.69) is 0 Å². The van der Waals surface area contributed by atoms with Crippen molar-refractivity contribution in [2.45, 2.75) is 49.5 Å². The Balaban J connectivity index is 2.26. The number of benzene rings is 1. The third-order valence-electron chi connectivity index (χ3n) is 3.98. The van der Waals surface area contributed by atoms with Gasteiger partial charge < -0.3 is 5.73 Å². The largest absolute Gasteiger partial charge is 0.396 e. The Kier molecular flexibility index (Phi) is 4.65.